The SMILES string of the molecule is COC1CN(c2ccc(C(N)=S)nc2)CCC1C. The van der Waals surface area contributed by atoms with Gasteiger partial charge < -0.3 is 15.4 Å². The summed E-state index contributed by atoms with van der Waals surface area (Å²) in [6.07, 6.45) is 3.25. The van der Waals surface area contributed by atoms with Gasteiger partial charge in [0.2, 0.25) is 0 Å². The van der Waals surface area contributed by atoms with Crippen LogP contribution in [0, 0.1) is 5.92 Å². The number of nitrogens with zero attached hydrogens (tertiary/aromatic N) is 2. The van der Waals surface area contributed by atoms with Crippen LogP contribution in [-0.4, -0.2) is 36.3 Å². The highest BCUT2D eigenvalue weighted by Crippen LogP contribution is 2.24. The lowest BCUT2D eigenvalue weighted by Gasteiger charge is -2.37. The Labute approximate surface area is 113 Å². The molecule has 1 aliphatic heterocycles. The maximum absolute atomic E-state index is 5.54. The fraction of sp³-hybridized carbons (Fsp3) is 0.538. The summed E-state index contributed by atoms with van der Waals surface area (Å²) in [5, 5.41) is 0. The van der Waals surface area contributed by atoms with Gasteiger partial charge in [0.05, 0.1) is 23.7 Å². The molecule has 0 amide bonds. The molecule has 0 radical (unpaired) electrons. The Hall–Kier alpha value is -1.20. The van der Waals surface area contributed by atoms with E-state index in [1.54, 1.807) is 7.11 Å². The lowest BCUT2D eigenvalue weighted by molar-refractivity contribution is 0.0498. The topological polar surface area (TPSA) is 51.4 Å². The van der Waals surface area contributed by atoms with Gasteiger partial charge in [0, 0.05) is 20.2 Å². The van der Waals surface area contributed by atoms with Crippen LogP contribution in [0.3, 0.4) is 0 Å². The zero-order valence-electron chi connectivity index (χ0n) is 10.8. The minimum Gasteiger partial charge on any atom is -0.388 e. The van der Waals surface area contributed by atoms with Gasteiger partial charge in [0.1, 0.15) is 4.99 Å². The van der Waals surface area contributed by atoms with Crippen molar-refractivity contribution < 1.29 is 4.74 Å². The summed E-state index contributed by atoms with van der Waals surface area (Å²) >= 11 is 4.90. The third kappa shape index (κ3) is 2.79. The third-order valence-electron chi connectivity index (χ3n) is 3.56. The molecule has 1 aliphatic rings. The Balaban J connectivity index is 2.09. The summed E-state index contributed by atoms with van der Waals surface area (Å²) in [5.74, 6) is 0.607. The monoisotopic (exact) mass is 265 g/mol. The predicted octanol–water partition coefficient (Wildman–Crippen LogP) is 1.58. The van der Waals surface area contributed by atoms with Crippen LogP contribution < -0.4 is 10.6 Å². The minimum atomic E-state index is 0.286. The molecule has 1 fully saturated rings. The Morgan fingerprint density at radius 2 is 2.33 bits per heavy atom. The van der Waals surface area contributed by atoms with Gasteiger partial charge in [-0.2, -0.15) is 0 Å². The summed E-state index contributed by atoms with van der Waals surface area (Å²) in [6.45, 7) is 4.18. The van der Waals surface area contributed by atoms with Gasteiger partial charge in [0.15, 0.2) is 0 Å². The molecule has 0 aromatic carbocycles. The van der Waals surface area contributed by atoms with Crippen LogP contribution in [-0.2, 0) is 4.74 Å². The first-order valence-electron chi connectivity index (χ1n) is 6.15. The molecule has 5 heteroatoms. The van der Waals surface area contributed by atoms with Gasteiger partial charge in [-0.25, -0.2) is 0 Å². The van der Waals surface area contributed by atoms with Gasteiger partial charge in [0.25, 0.3) is 0 Å². The molecular formula is C13H19N3OS. The smallest absolute Gasteiger partial charge is 0.122 e. The van der Waals surface area contributed by atoms with Gasteiger partial charge in [-0.3, -0.25) is 4.98 Å². The molecule has 0 bridgehead atoms. The number of piperidine rings is 1. The first kappa shape index (κ1) is 13.2. The van der Waals surface area contributed by atoms with Crippen LogP contribution in [0.15, 0.2) is 18.3 Å². The fourth-order valence-electron chi connectivity index (χ4n) is 2.29. The van der Waals surface area contributed by atoms with E-state index in [2.05, 4.69) is 16.8 Å². The molecule has 1 aromatic heterocycles. The van der Waals surface area contributed by atoms with E-state index in [9.17, 15) is 0 Å². The molecule has 2 rings (SSSR count). The molecule has 4 nitrogen and oxygen atoms in total. The van der Waals surface area contributed by atoms with E-state index >= 15 is 0 Å². The van der Waals surface area contributed by atoms with Gasteiger partial charge >= 0.3 is 0 Å². The van der Waals surface area contributed by atoms with Crippen molar-refractivity contribution in [3.05, 3.63) is 24.0 Å². The van der Waals surface area contributed by atoms with Gasteiger partial charge in [-0.15, -0.1) is 0 Å². The van der Waals surface area contributed by atoms with Crippen LogP contribution in [0.1, 0.15) is 19.0 Å². The molecule has 18 heavy (non-hydrogen) atoms. The Morgan fingerprint density at radius 3 is 2.89 bits per heavy atom. The van der Waals surface area contributed by atoms with Crippen molar-refractivity contribution in [2.45, 2.75) is 19.4 Å². The van der Waals surface area contributed by atoms with E-state index in [-0.39, 0.29) is 6.10 Å². The molecule has 2 N–H and O–H groups in total. The number of aromatic nitrogens is 1. The van der Waals surface area contributed by atoms with Crippen LogP contribution in [0.25, 0.3) is 0 Å². The summed E-state index contributed by atoms with van der Waals surface area (Å²) < 4.78 is 5.51. The van der Waals surface area contributed by atoms with E-state index in [4.69, 9.17) is 22.7 Å². The number of hydrogen-bond acceptors (Lipinski definition) is 4. The lowest BCUT2D eigenvalue weighted by atomic mass is 9.95. The second-order valence-corrected chi connectivity index (χ2v) is 5.19. The molecule has 0 saturated carbocycles. The maximum atomic E-state index is 5.54. The molecule has 0 aliphatic carbocycles. The highest BCUT2D eigenvalue weighted by Gasteiger charge is 2.26. The zero-order chi connectivity index (χ0) is 13.1. The van der Waals surface area contributed by atoms with Crippen molar-refractivity contribution >= 4 is 22.9 Å². The molecular weight excluding hydrogens is 246 g/mol. The third-order valence-corrected chi connectivity index (χ3v) is 3.77. The van der Waals surface area contributed by atoms with Crippen molar-refractivity contribution in [1.82, 2.24) is 4.98 Å². The van der Waals surface area contributed by atoms with E-state index in [0.29, 0.717) is 16.6 Å². The normalized spacial score (nSPS) is 24.0. The molecule has 1 aromatic rings. The van der Waals surface area contributed by atoms with Crippen molar-refractivity contribution in [1.29, 1.82) is 0 Å². The highest BCUT2D eigenvalue weighted by atomic mass is 32.1. The molecule has 2 heterocycles. The number of methoxy groups -OCH3 is 1. The second kappa shape index (κ2) is 5.63. The number of pyridine rings is 1. The van der Waals surface area contributed by atoms with Crippen LogP contribution in [0.4, 0.5) is 5.69 Å². The Kier molecular flexibility index (Phi) is 4.14. The Bertz CT molecular complexity index is 421. The van der Waals surface area contributed by atoms with E-state index in [1.165, 1.54) is 0 Å². The molecule has 98 valence electrons. The first-order chi connectivity index (χ1) is 8.61. The summed E-state index contributed by atoms with van der Waals surface area (Å²) in [6, 6.07) is 3.89. The zero-order valence-corrected chi connectivity index (χ0v) is 11.6. The number of ether oxygens (including phenoxy) is 1. The standard InChI is InChI=1S/C13H19N3OS/c1-9-5-6-16(8-12(9)17-2)10-3-4-11(13(14)18)15-7-10/h3-4,7,9,12H,5-6,8H2,1-2H3,(H2,14,18). The quantitative estimate of drug-likeness (QED) is 0.841. The van der Waals surface area contributed by atoms with Crippen molar-refractivity contribution in [3.63, 3.8) is 0 Å². The number of nitrogens with two attached hydrogens (primary N) is 1. The van der Waals surface area contributed by atoms with Gasteiger partial charge in [-0.05, 0) is 24.5 Å². The largest absolute Gasteiger partial charge is 0.388 e. The lowest BCUT2D eigenvalue weighted by Crippen LogP contribution is -2.44. The van der Waals surface area contributed by atoms with Crippen LogP contribution in [0.2, 0.25) is 0 Å². The summed E-state index contributed by atoms with van der Waals surface area (Å²) in [7, 11) is 1.78. The van der Waals surface area contributed by atoms with E-state index < -0.39 is 0 Å². The number of anilines is 1. The first-order valence-corrected chi connectivity index (χ1v) is 6.56. The molecule has 0 spiro atoms. The van der Waals surface area contributed by atoms with Crippen LogP contribution >= 0.6 is 12.2 Å². The Morgan fingerprint density at radius 1 is 1.56 bits per heavy atom. The van der Waals surface area contributed by atoms with Crippen molar-refractivity contribution in [2.24, 2.45) is 11.7 Å². The summed E-state index contributed by atoms with van der Waals surface area (Å²) in [4.78, 5) is 6.91. The number of thiocarbonyl (C=S) groups is 1. The van der Waals surface area contributed by atoms with Gasteiger partial charge in [-0.1, -0.05) is 19.1 Å². The predicted molar refractivity (Wildman–Crippen MR) is 76.9 cm³/mol. The molecule has 1 saturated heterocycles. The number of rotatable bonds is 3. The highest BCUT2D eigenvalue weighted by molar-refractivity contribution is 7.80. The van der Waals surface area contributed by atoms with E-state index in [0.717, 1.165) is 25.2 Å². The number of hydrogen-bond donors (Lipinski definition) is 1. The van der Waals surface area contributed by atoms with Crippen LogP contribution in [0.5, 0.6) is 0 Å². The average molecular weight is 265 g/mol. The van der Waals surface area contributed by atoms with E-state index in [1.807, 2.05) is 18.3 Å². The second-order valence-electron chi connectivity index (χ2n) is 4.75. The molecule has 2 atom stereocenters. The minimum absolute atomic E-state index is 0.286. The van der Waals surface area contributed by atoms with Crippen molar-refractivity contribution in [3.8, 4) is 0 Å². The average Bonchev–Trinajstić information content (AvgIpc) is 2.39. The van der Waals surface area contributed by atoms with Crippen molar-refractivity contribution in [2.75, 3.05) is 25.1 Å². The fourth-order valence-corrected chi connectivity index (χ4v) is 2.41. The maximum Gasteiger partial charge on any atom is 0.122 e. The summed E-state index contributed by atoms with van der Waals surface area (Å²) in [5.41, 5.74) is 7.31. The molecule has 2 unspecified atom stereocenters.